The molecule has 38 heavy (non-hydrogen) atoms. The van der Waals surface area contributed by atoms with Crippen LogP contribution in [0.3, 0.4) is 0 Å². The third-order valence-electron chi connectivity index (χ3n) is 6.05. The standard InChI is InChI=1S/C25H32BN5O7/c1-16(2)13-18(29-23(33)20-15-27-10-11-28-20)22(32)30-19(14-17-7-4-3-5-8-17)24(34)31-12-6-9-21(31)25(35)38-26(36)37/h3-5,7-8,10-11,15-16,18-19,21,36-37H,6,9,12-14H2,1-2H3,(H,29,33)(H,30,32)/t18-,19-,21-/m0/s1. The first-order chi connectivity index (χ1) is 18.2. The third kappa shape index (κ3) is 8.08. The summed E-state index contributed by atoms with van der Waals surface area (Å²) in [6, 6.07) is 6.03. The molecule has 2 aromatic rings. The van der Waals surface area contributed by atoms with E-state index in [2.05, 4.69) is 25.3 Å². The normalized spacial score (nSPS) is 16.4. The second kappa shape index (κ2) is 13.6. The molecule has 0 unspecified atom stereocenters. The highest BCUT2D eigenvalue weighted by molar-refractivity contribution is 6.36. The Kier molecular flexibility index (Phi) is 10.3. The number of aromatic nitrogens is 2. The number of hydrogen-bond donors (Lipinski definition) is 4. The molecule has 1 aliphatic rings. The van der Waals surface area contributed by atoms with Gasteiger partial charge in [0.2, 0.25) is 11.8 Å². The van der Waals surface area contributed by atoms with Gasteiger partial charge in [0.05, 0.1) is 6.20 Å². The Bertz CT molecular complexity index is 1100. The summed E-state index contributed by atoms with van der Waals surface area (Å²) in [5, 5.41) is 23.5. The number of rotatable bonds is 11. The number of hydrogen-bond acceptors (Lipinski definition) is 9. The molecule has 13 heteroatoms. The average molecular weight is 525 g/mol. The zero-order chi connectivity index (χ0) is 27.7. The van der Waals surface area contributed by atoms with E-state index in [-0.39, 0.29) is 31.0 Å². The summed E-state index contributed by atoms with van der Waals surface area (Å²) >= 11 is 0. The highest BCUT2D eigenvalue weighted by atomic mass is 16.6. The van der Waals surface area contributed by atoms with Gasteiger partial charge in [0, 0.05) is 25.4 Å². The molecule has 1 aromatic carbocycles. The molecule has 1 fully saturated rings. The number of carbonyl (C=O) groups excluding carboxylic acids is 4. The summed E-state index contributed by atoms with van der Waals surface area (Å²) in [6.45, 7) is 4.04. The Morgan fingerprint density at radius 2 is 1.84 bits per heavy atom. The predicted molar refractivity (Wildman–Crippen MR) is 136 cm³/mol. The monoisotopic (exact) mass is 525 g/mol. The van der Waals surface area contributed by atoms with E-state index in [1.54, 1.807) is 12.1 Å². The van der Waals surface area contributed by atoms with E-state index in [0.29, 0.717) is 12.8 Å². The Morgan fingerprint density at radius 3 is 2.47 bits per heavy atom. The van der Waals surface area contributed by atoms with Gasteiger partial charge in [0.1, 0.15) is 23.8 Å². The summed E-state index contributed by atoms with van der Waals surface area (Å²) < 4.78 is 4.49. The van der Waals surface area contributed by atoms with Gasteiger partial charge in [-0.15, -0.1) is 0 Å². The fourth-order valence-electron chi connectivity index (χ4n) is 4.33. The van der Waals surface area contributed by atoms with Gasteiger partial charge in [-0.25, -0.2) is 4.98 Å². The van der Waals surface area contributed by atoms with Gasteiger partial charge in [-0.05, 0) is 30.7 Å². The maximum Gasteiger partial charge on any atom is 0.709 e. The van der Waals surface area contributed by atoms with Crippen LogP contribution in [-0.4, -0.2) is 80.6 Å². The SMILES string of the molecule is CC(C)C[C@H](NC(=O)c1cnccn1)C(=O)N[C@@H](Cc1ccccc1)C(=O)N1CCC[C@H]1C(=O)OB(O)O. The Balaban J connectivity index is 1.82. The van der Waals surface area contributed by atoms with Crippen LogP contribution in [0.5, 0.6) is 0 Å². The second-order valence-corrected chi connectivity index (χ2v) is 9.45. The van der Waals surface area contributed by atoms with Crippen molar-refractivity contribution >= 4 is 31.0 Å². The van der Waals surface area contributed by atoms with Crippen molar-refractivity contribution in [1.82, 2.24) is 25.5 Å². The minimum Gasteiger partial charge on any atom is -0.484 e. The van der Waals surface area contributed by atoms with Crippen molar-refractivity contribution in [2.24, 2.45) is 5.92 Å². The molecule has 1 saturated heterocycles. The Labute approximate surface area is 221 Å². The topological polar surface area (TPSA) is 171 Å². The number of likely N-dealkylation sites (tertiary alicyclic amines) is 1. The number of carbonyl (C=O) groups is 4. The van der Waals surface area contributed by atoms with Crippen LogP contribution in [0.15, 0.2) is 48.9 Å². The minimum atomic E-state index is -2.30. The molecular formula is C25H32BN5O7. The summed E-state index contributed by atoms with van der Waals surface area (Å²) in [7, 11) is -2.30. The quantitative estimate of drug-likeness (QED) is 0.291. The van der Waals surface area contributed by atoms with Crippen molar-refractivity contribution in [3.63, 3.8) is 0 Å². The maximum atomic E-state index is 13.6. The van der Waals surface area contributed by atoms with Gasteiger partial charge >= 0.3 is 13.3 Å². The van der Waals surface area contributed by atoms with Gasteiger partial charge < -0.3 is 30.2 Å². The summed E-state index contributed by atoms with van der Waals surface area (Å²) in [5.74, 6) is -2.55. The first-order valence-electron chi connectivity index (χ1n) is 12.4. The molecule has 0 radical (unpaired) electrons. The van der Waals surface area contributed by atoms with Crippen LogP contribution < -0.4 is 10.6 Å². The summed E-state index contributed by atoms with van der Waals surface area (Å²) in [6.07, 6.45) is 5.32. The molecule has 2 heterocycles. The molecule has 0 aliphatic carbocycles. The van der Waals surface area contributed by atoms with E-state index in [1.807, 2.05) is 32.0 Å². The molecular weight excluding hydrogens is 493 g/mol. The van der Waals surface area contributed by atoms with Crippen molar-refractivity contribution in [3.8, 4) is 0 Å². The van der Waals surface area contributed by atoms with Crippen LogP contribution in [0, 0.1) is 5.92 Å². The molecule has 3 rings (SSSR count). The van der Waals surface area contributed by atoms with Gasteiger partial charge in [0.15, 0.2) is 0 Å². The van der Waals surface area contributed by atoms with E-state index in [1.165, 1.54) is 23.5 Å². The summed E-state index contributed by atoms with van der Waals surface area (Å²) in [5.41, 5.74) is 0.828. The highest BCUT2D eigenvalue weighted by Crippen LogP contribution is 2.21. The van der Waals surface area contributed by atoms with Crippen molar-refractivity contribution in [1.29, 1.82) is 0 Å². The number of nitrogens with one attached hydrogen (secondary N) is 2. The molecule has 3 atom stereocenters. The lowest BCUT2D eigenvalue weighted by Crippen LogP contribution is -2.57. The summed E-state index contributed by atoms with van der Waals surface area (Å²) in [4.78, 5) is 61.3. The minimum absolute atomic E-state index is 0.0406. The van der Waals surface area contributed by atoms with Crippen LogP contribution >= 0.6 is 0 Å². The molecule has 202 valence electrons. The van der Waals surface area contributed by atoms with E-state index in [0.717, 1.165) is 5.56 Å². The number of benzene rings is 1. The predicted octanol–water partition coefficient (Wildman–Crippen LogP) is -0.148. The zero-order valence-corrected chi connectivity index (χ0v) is 21.3. The smallest absolute Gasteiger partial charge is 0.484 e. The van der Waals surface area contributed by atoms with Crippen molar-refractivity contribution < 1.29 is 33.9 Å². The fraction of sp³-hybridized carbons (Fsp3) is 0.440. The van der Waals surface area contributed by atoms with Gasteiger partial charge in [0.25, 0.3) is 5.91 Å². The Morgan fingerprint density at radius 1 is 1.11 bits per heavy atom. The van der Waals surface area contributed by atoms with Crippen molar-refractivity contribution in [2.45, 2.75) is 57.7 Å². The number of nitrogens with zero attached hydrogens (tertiary/aromatic N) is 3. The van der Waals surface area contributed by atoms with Crippen LogP contribution in [0.1, 0.15) is 49.2 Å². The molecule has 1 aromatic heterocycles. The van der Waals surface area contributed by atoms with Crippen LogP contribution in [0.25, 0.3) is 0 Å². The Hall–Kier alpha value is -3.84. The van der Waals surface area contributed by atoms with E-state index >= 15 is 0 Å². The van der Waals surface area contributed by atoms with Crippen molar-refractivity contribution in [2.75, 3.05) is 6.54 Å². The van der Waals surface area contributed by atoms with E-state index in [9.17, 15) is 19.2 Å². The van der Waals surface area contributed by atoms with Crippen molar-refractivity contribution in [3.05, 3.63) is 60.2 Å². The molecule has 1 aliphatic heterocycles. The number of amides is 3. The second-order valence-electron chi connectivity index (χ2n) is 9.45. The van der Waals surface area contributed by atoms with E-state index in [4.69, 9.17) is 10.0 Å². The molecule has 12 nitrogen and oxygen atoms in total. The van der Waals surface area contributed by atoms with Crippen LogP contribution in [0.4, 0.5) is 0 Å². The lowest BCUT2D eigenvalue weighted by Gasteiger charge is -2.30. The molecule has 4 N–H and O–H groups in total. The van der Waals surface area contributed by atoms with Gasteiger partial charge in [-0.1, -0.05) is 44.2 Å². The molecule has 0 bridgehead atoms. The third-order valence-corrected chi connectivity index (χ3v) is 6.05. The molecule has 0 saturated carbocycles. The molecule has 0 spiro atoms. The van der Waals surface area contributed by atoms with Crippen LogP contribution in [-0.2, 0) is 25.5 Å². The maximum absolute atomic E-state index is 13.6. The fourth-order valence-corrected chi connectivity index (χ4v) is 4.33. The average Bonchev–Trinajstić information content (AvgIpc) is 3.38. The first-order valence-corrected chi connectivity index (χ1v) is 12.4. The molecule has 3 amide bonds. The van der Waals surface area contributed by atoms with Gasteiger partial charge in [-0.3, -0.25) is 24.2 Å². The van der Waals surface area contributed by atoms with E-state index < -0.39 is 49.1 Å². The van der Waals surface area contributed by atoms with Gasteiger partial charge in [-0.2, -0.15) is 0 Å². The lowest BCUT2D eigenvalue weighted by molar-refractivity contribution is -0.149. The highest BCUT2D eigenvalue weighted by Gasteiger charge is 2.40. The largest absolute Gasteiger partial charge is 0.709 e. The zero-order valence-electron chi connectivity index (χ0n) is 21.3. The van der Waals surface area contributed by atoms with Crippen LogP contribution in [0.2, 0.25) is 0 Å². The lowest BCUT2D eigenvalue weighted by atomic mass is 10.0. The first kappa shape index (κ1) is 28.7.